The smallest absolute Gasteiger partial charge is 0.119 e. The van der Waals surface area contributed by atoms with Crippen LogP contribution in [0.3, 0.4) is 0 Å². The molecule has 1 unspecified atom stereocenters. The molecule has 0 fully saturated rings. The highest BCUT2D eigenvalue weighted by Gasteiger charge is 2.00. The minimum absolute atomic E-state index is 0.415. The van der Waals surface area contributed by atoms with Crippen molar-refractivity contribution in [3.8, 4) is 5.75 Å². The van der Waals surface area contributed by atoms with Crippen molar-refractivity contribution in [3.63, 3.8) is 0 Å². The SMILES string of the molecule is CCCCCC/C=C\CCCOc1ccc(C(C)O)cc1. The molecular formula is C19H30O2. The molecule has 1 aromatic rings. The van der Waals surface area contributed by atoms with Crippen molar-refractivity contribution < 1.29 is 9.84 Å². The Morgan fingerprint density at radius 2 is 1.67 bits per heavy atom. The van der Waals surface area contributed by atoms with Crippen LogP contribution >= 0.6 is 0 Å². The lowest BCUT2D eigenvalue weighted by molar-refractivity contribution is 0.199. The van der Waals surface area contributed by atoms with Crippen LogP contribution in [0.4, 0.5) is 0 Å². The number of hydrogen-bond donors (Lipinski definition) is 1. The Bertz CT molecular complexity index is 379. The molecule has 0 saturated heterocycles. The molecule has 0 aliphatic rings. The Kier molecular flexibility index (Phi) is 9.64. The van der Waals surface area contributed by atoms with E-state index in [1.807, 2.05) is 24.3 Å². The van der Waals surface area contributed by atoms with Gasteiger partial charge < -0.3 is 9.84 Å². The summed E-state index contributed by atoms with van der Waals surface area (Å²) in [4.78, 5) is 0. The first kappa shape index (κ1) is 17.8. The van der Waals surface area contributed by atoms with E-state index in [0.29, 0.717) is 0 Å². The zero-order valence-corrected chi connectivity index (χ0v) is 13.6. The van der Waals surface area contributed by atoms with Crippen molar-refractivity contribution in [1.82, 2.24) is 0 Å². The molecule has 1 atom stereocenters. The van der Waals surface area contributed by atoms with Crippen molar-refractivity contribution in [2.75, 3.05) is 6.61 Å². The molecule has 0 saturated carbocycles. The van der Waals surface area contributed by atoms with Gasteiger partial charge in [-0.05, 0) is 50.3 Å². The molecule has 0 aliphatic heterocycles. The van der Waals surface area contributed by atoms with E-state index < -0.39 is 6.10 Å². The fourth-order valence-corrected chi connectivity index (χ4v) is 2.16. The summed E-state index contributed by atoms with van der Waals surface area (Å²) >= 11 is 0. The molecule has 2 nitrogen and oxygen atoms in total. The lowest BCUT2D eigenvalue weighted by Crippen LogP contribution is -1.97. The Morgan fingerprint density at radius 3 is 2.29 bits per heavy atom. The summed E-state index contributed by atoms with van der Waals surface area (Å²) in [6, 6.07) is 7.67. The molecule has 2 heteroatoms. The average Bonchev–Trinajstić information content (AvgIpc) is 2.49. The topological polar surface area (TPSA) is 29.5 Å². The van der Waals surface area contributed by atoms with E-state index >= 15 is 0 Å². The van der Waals surface area contributed by atoms with Gasteiger partial charge in [-0.3, -0.25) is 0 Å². The molecule has 1 N–H and O–H groups in total. The van der Waals surface area contributed by atoms with Gasteiger partial charge >= 0.3 is 0 Å². The summed E-state index contributed by atoms with van der Waals surface area (Å²) in [5.41, 5.74) is 0.924. The molecule has 0 heterocycles. The minimum atomic E-state index is -0.415. The number of benzene rings is 1. The number of aliphatic hydroxyl groups excluding tert-OH is 1. The zero-order valence-electron chi connectivity index (χ0n) is 13.6. The van der Waals surface area contributed by atoms with E-state index in [4.69, 9.17) is 4.74 Å². The summed E-state index contributed by atoms with van der Waals surface area (Å²) in [5, 5.41) is 9.43. The van der Waals surface area contributed by atoms with Gasteiger partial charge in [0, 0.05) is 0 Å². The molecular weight excluding hydrogens is 260 g/mol. The average molecular weight is 290 g/mol. The lowest BCUT2D eigenvalue weighted by atomic mass is 10.1. The van der Waals surface area contributed by atoms with Gasteiger partial charge in [0.1, 0.15) is 5.75 Å². The molecule has 0 aliphatic carbocycles. The predicted molar refractivity (Wildman–Crippen MR) is 89.7 cm³/mol. The standard InChI is InChI=1S/C19H30O2/c1-3-4-5-6-7-8-9-10-11-16-21-19-14-12-18(13-15-19)17(2)20/h8-9,12-15,17,20H,3-7,10-11,16H2,1-2H3/b9-8-. The summed E-state index contributed by atoms with van der Waals surface area (Å²) < 4.78 is 5.68. The van der Waals surface area contributed by atoms with Crippen LogP contribution in [0.25, 0.3) is 0 Å². The van der Waals surface area contributed by atoms with Crippen molar-refractivity contribution in [2.45, 2.75) is 64.9 Å². The van der Waals surface area contributed by atoms with Crippen molar-refractivity contribution in [3.05, 3.63) is 42.0 Å². The maximum absolute atomic E-state index is 9.43. The molecule has 1 rings (SSSR count). The first-order chi connectivity index (χ1) is 10.2. The van der Waals surface area contributed by atoms with E-state index in [1.54, 1.807) is 6.92 Å². The lowest BCUT2D eigenvalue weighted by Gasteiger charge is -2.08. The van der Waals surface area contributed by atoms with Gasteiger partial charge in [0.25, 0.3) is 0 Å². The largest absolute Gasteiger partial charge is 0.494 e. The first-order valence-corrected chi connectivity index (χ1v) is 8.30. The van der Waals surface area contributed by atoms with Crippen LogP contribution < -0.4 is 4.74 Å². The maximum atomic E-state index is 9.43. The van der Waals surface area contributed by atoms with Crippen molar-refractivity contribution in [2.24, 2.45) is 0 Å². The van der Waals surface area contributed by atoms with Gasteiger partial charge in [0.2, 0.25) is 0 Å². The van der Waals surface area contributed by atoms with E-state index in [1.165, 1.54) is 32.1 Å². The fourth-order valence-electron chi connectivity index (χ4n) is 2.16. The van der Waals surface area contributed by atoms with Gasteiger partial charge in [-0.2, -0.15) is 0 Å². The second kappa shape index (κ2) is 11.4. The number of aliphatic hydroxyl groups is 1. The van der Waals surface area contributed by atoms with Gasteiger partial charge in [0.05, 0.1) is 12.7 Å². The predicted octanol–water partition coefficient (Wildman–Crippen LogP) is 5.43. The van der Waals surface area contributed by atoms with E-state index in [-0.39, 0.29) is 0 Å². The minimum Gasteiger partial charge on any atom is -0.494 e. The monoisotopic (exact) mass is 290 g/mol. The Hall–Kier alpha value is -1.28. The van der Waals surface area contributed by atoms with Gasteiger partial charge in [-0.25, -0.2) is 0 Å². The third-order valence-corrected chi connectivity index (χ3v) is 3.54. The fraction of sp³-hybridized carbons (Fsp3) is 0.579. The highest BCUT2D eigenvalue weighted by molar-refractivity contribution is 5.28. The zero-order chi connectivity index (χ0) is 15.3. The first-order valence-electron chi connectivity index (χ1n) is 8.30. The number of rotatable bonds is 11. The number of allylic oxidation sites excluding steroid dienone is 2. The third kappa shape index (κ3) is 8.56. The molecule has 1 aromatic carbocycles. The van der Waals surface area contributed by atoms with E-state index in [2.05, 4.69) is 19.1 Å². The summed E-state index contributed by atoms with van der Waals surface area (Å²) in [5.74, 6) is 0.878. The second-order valence-corrected chi connectivity index (χ2v) is 5.56. The van der Waals surface area contributed by atoms with Crippen LogP contribution in [0.5, 0.6) is 5.75 Å². The third-order valence-electron chi connectivity index (χ3n) is 3.54. The Morgan fingerprint density at radius 1 is 1.00 bits per heavy atom. The van der Waals surface area contributed by atoms with Crippen LogP contribution in [-0.4, -0.2) is 11.7 Å². The van der Waals surface area contributed by atoms with Crippen LogP contribution in [-0.2, 0) is 0 Å². The number of unbranched alkanes of at least 4 members (excludes halogenated alkanes) is 5. The van der Waals surface area contributed by atoms with Crippen LogP contribution in [0, 0.1) is 0 Å². The highest BCUT2D eigenvalue weighted by atomic mass is 16.5. The van der Waals surface area contributed by atoms with E-state index in [9.17, 15) is 5.11 Å². The van der Waals surface area contributed by atoms with Crippen LogP contribution in [0.15, 0.2) is 36.4 Å². The normalized spacial score (nSPS) is 12.7. The maximum Gasteiger partial charge on any atom is 0.119 e. The van der Waals surface area contributed by atoms with Crippen LogP contribution in [0.1, 0.15) is 70.5 Å². The van der Waals surface area contributed by atoms with E-state index in [0.717, 1.165) is 30.8 Å². The van der Waals surface area contributed by atoms with Gasteiger partial charge in [-0.1, -0.05) is 50.5 Å². The molecule has 21 heavy (non-hydrogen) atoms. The molecule has 118 valence electrons. The summed E-state index contributed by atoms with van der Waals surface area (Å²) in [6.45, 7) is 4.76. The van der Waals surface area contributed by atoms with Crippen LogP contribution in [0.2, 0.25) is 0 Å². The number of ether oxygens (including phenoxy) is 1. The Labute approximate surface area is 129 Å². The quantitative estimate of drug-likeness (QED) is 0.435. The summed E-state index contributed by atoms with van der Waals surface area (Å²) in [7, 11) is 0. The van der Waals surface area contributed by atoms with Gasteiger partial charge in [0.15, 0.2) is 0 Å². The molecule has 0 amide bonds. The van der Waals surface area contributed by atoms with Crippen molar-refractivity contribution in [1.29, 1.82) is 0 Å². The van der Waals surface area contributed by atoms with Gasteiger partial charge in [-0.15, -0.1) is 0 Å². The number of hydrogen-bond acceptors (Lipinski definition) is 2. The molecule has 0 aromatic heterocycles. The molecule has 0 radical (unpaired) electrons. The summed E-state index contributed by atoms with van der Waals surface area (Å²) in [6.07, 6.45) is 12.8. The highest BCUT2D eigenvalue weighted by Crippen LogP contribution is 2.17. The van der Waals surface area contributed by atoms with Crippen molar-refractivity contribution >= 4 is 0 Å². The molecule has 0 spiro atoms. The molecule has 0 bridgehead atoms. The Balaban J connectivity index is 2.04. The second-order valence-electron chi connectivity index (χ2n) is 5.56.